The second-order valence-electron chi connectivity index (χ2n) is 7.56. The van der Waals surface area contributed by atoms with Crippen molar-refractivity contribution in [3.8, 4) is 17.2 Å². The van der Waals surface area contributed by atoms with Crippen molar-refractivity contribution in [2.24, 2.45) is 0 Å². The molecule has 1 saturated heterocycles. The molecule has 0 aliphatic carbocycles. The lowest BCUT2D eigenvalue weighted by molar-refractivity contribution is -0.123. The van der Waals surface area contributed by atoms with Gasteiger partial charge in [-0.2, -0.15) is 0 Å². The Bertz CT molecular complexity index is 866. The monoisotopic (exact) mass is 427 g/mol. The van der Waals surface area contributed by atoms with Gasteiger partial charge in [0.05, 0.1) is 39.1 Å². The first-order valence-electron chi connectivity index (χ1n) is 10.8. The average molecular weight is 428 g/mol. The number of benzene rings is 2. The Kier molecular flexibility index (Phi) is 8.00. The van der Waals surface area contributed by atoms with E-state index in [1.165, 1.54) is 0 Å². The maximum Gasteiger partial charge on any atom is 0.234 e. The van der Waals surface area contributed by atoms with Crippen molar-refractivity contribution < 1.29 is 19.0 Å². The molecule has 2 aromatic carbocycles. The number of rotatable bonds is 9. The summed E-state index contributed by atoms with van der Waals surface area (Å²) in [5.41, 5.74) is 2.01. The van der Waals surface area contributed by atoms with Crippen LogP contribution in [0, 0.1) is 0 Å². The number of nitrogens with zero attached hydrogens (tertiary/aromatic N) is 2. The van der Waals surface area contributed by atoms with Gasteiger partial charge in [-0.1, -0.05) is 12.1 Å². The second kappa shape index (κ2) is 10.9. The maximum absolute atomic E-state index is 12.7. The Morgan fingerprint density at radius 1 is 1.03 bits per heavy atom. The van der Waals surface area contributed by atoms with Crippen LogP contribution in [0.2, 0.25) is 0 Å². The summed E-state index contributed by atoms with van der Waals surface area (Å²) in [6.45, 7) is 8.33. The summed E-state index contributed by atoms with van der Waals surface area (Å²) in [7, 11) is 3.25. The smallest absolute Gasteiger partial charge is 0.234 e. The summed E-state index contributed by atoms with van der Waals surface area (Å²) < 4.78 is 16.5. The summed E-state index contributed by atoms with van der Waals surface area (Å²) in [5, 5.41) is 3.09. The van der Waals surface area contributed by atoms with E-state index in [-0.39, 0.29) is 11.9 Å². The van der Waals surface area contributed by atoms with Crippen LogP contribution in [0.25, 0.3) is 0 Å². The van der Waals surface area contributed by atoms with E-state index in [1.54, 1.807) is 14.2 Å². The van der Waals surface area contributed by atoms with Crippen molar-refractivity contribution in [3.63, 3.8) is 0 Å². The lowest BCUT2D eigenvalue weighted by Crippen LogP contribution is -2.49. The first kappa shape index (κ1) is 22.7. The Balaban J connectivity index is 1.54. The van der Waals surface area contributed by atoms with E-state index < -0.39 is 0 Å². The van der Waals surface area contributed by atoms with E-state index in [0.29, 0.717) is 13.2 Å². The van der Waals surface area contributed by atoms with Crippen molar-refractivity contribution in [1.29, 1.82) is 0 Å². The van der Waals surface area contributed by atoms with Gasteiger partial charge in [0.25, 0.3) is 0 Å². The van der Waals surface area contributed by atoms with Gasteiger partial charge in [-0.3, -0.25) is 9.69 Å². The second-order valence-corrected chi connectivity index (χ2v) is 7.56. The summed E-state index contributed by atoms with van der Waals surface area (Å²) >= 11 is 0. The third-order valence-electron chi connectivity index (χ3n) is 5.53. The number of nitrogens with one attached hydrogen (secondary N) is 1. The van der Waals surface area contributed by atoms with Gasteiger partial charge in [0, 0.05) is 31.7 Å². The summed E-state index contributed by atoms with van der Waals surface area (Å²) in [5.74, 6) is 2.38. The zero-order valence-corrected chi connectivity index (χ0v) is 18.9. The highest BCUT2D eigenvalue weighted by Gasteiger charge is 2.22. The van der Waals surface area contributed by atoms with Crippen LogP contribution in [-0.4, -0.2) is 64.4 Å². The molecule has 3 rings (SSSR count). The van der Waals surface area contributed by atoms with Gasteiger partial charge < -0.3 is 24.4 Å². The molecule has 1 N–H and O–H groups in total. The molecule has 31 heavy (non-hydrogen) atoms. The van der Waals surface area contributed by atoms with Gasteiger partial charge in [0.2, 0.25) is 5.91 Å². The molecule has 2 aromatic rings. The summed E-state index contributed by atoms with van der Waals surface area (Å²) in [6, 6.07) is 13.6. The number of para-hydroxylation sites is 2. The van der Waals surface area contributed by atoms with Gasteiger partial charge >= 0.3 is 0 Å². The zero-order valence-electron chi connectivity index (χ0n) is 18.9. The first-order chi connectivity index (χ1) is 15.0. The highest BCUT2D eigenvalue weighted by molar-refractivity contribution is 5.78. The number of carbonyl (C=O) groups is 1. The molecule has 0 bridgehead atoms. The van der Waals surface area contributed by atoms with Crippen LogP contribution in [0.1, 0.15) is 25.5 Å². The molecule has 0 aromatic heterocycles. The third kappa shape index (κ3) is 5.82. The molecule has 1 aliphatic heterocycles. The first-order valence-corrected chi connectivity index (χ1v) is 10.8. The Morgan fingerprint density at radius 3 is 2.45 bits per heavy atom. The van der Waals surface area contributed by atoms with Crippen molar-refractivity contribution >= 4 is 11.6 Å². The predicted molar refractivity (Wildman–Crippen MR) is 122 cm³/mol. The number of amides is 1. The molecule has 7 nitrogen and oxygen atoms in total. The SMILES string of the molecule is CCOc1ccccc1N1CCN(CC(=O)N[C@H](C)c2cc(OC)ccc2OC)CC1. The van der Waals surface area contributed by atoms with E-state index in [0.717, 1.165) is 54.7 Å². The molecule has 0 spiro atoms. The van der Waals surface area contributed by atoms with Crippen LogP contribution in [-0.2, 0) is 4.79 Å². The van der Waals surface area contributed by atoms with E-state index in [4.69, 9.17) is 14.2 Å². The maximum atomic E-state index is 12.7. The molecular formula is C24H33N3O4. The Hall–Kier alpha value is -2.93. The molecule has 7 heteroatoms. The van der Waals surface area contributed by atoms with Crippen LogP contribution in [0.3, 0.4) is 0 Å². The highest BCUT2D eigenvalue weighted by Crippen LogP contribution is 2.30. The van der Waals surface area contributed by atoms with E-state index in [1.807, 2.05) is 50.2 Å². The van der Waals surface area contributed by atoms with Crippen LogP contribution in [0.5, 0.6) is 17.2 Å². The van der Waals surface area contributed by atoms with Gasteiger partial charge in [-0.05, 0) is 44.2 Å². The minimum atomic E-state index is -0.183. The van der Waals surface area contributed by atoms with E-state index in [2.05, 4.69) is 21.2 Å². The van der Waals surface area contributed by atoms with Gasteiger partial charge in [0.15, 0.2) is 0 Å². The van der Waals surface area contributed by atoms with Crippen LogP contribution in [0.15, 0.2) is 42.5 Å². The highest BCUT2D eigenvalue weighted by atomic mass is 16.5. The normalized spacial score (nSPS) is 15.3. The summed E-state index contributed by atoms with van der Waals surface area (Å²) in [4.78, 5) is 17.2. The number of anilines is 1. The van der Waals surface area contributed by atoms with Crippen LogP contribution in [0.4, 0.5) is 5.69 Å². The number of carbonyl (C=O) groups excluding carboxylic acids is 1. The van der Waals surface area contributed by atoms with Crippen molar-refractivity contribution in [2.45, 2.75) is 19.9 Å². The van der Waals surface area contributed by atoms with Gasteiger partial charge in [0.1, 0.15) is 17.2 Å². The van der Waals surface area contributed by atoms with Crippen LogP contribution >= 0.6 is 0 Å². The molecular weight excluding hydrogens is 394 g/mol. The fraction of sp³-hybridized carbons (Fsp3) is 0.458. The largest absolute Gasteiger partial charge is 0.497 e. The summed E-state index contributed by atoms with van der Waals surface area (Å²) in [6.07, 6.45) is 0. The average Bonchev–Trinajstić information content (AvgIpc) is 2.79. The van der Waals surface area contributed by atoms with Crippen molar-refractivity contribution in [2.75, 3.05) is 58.5 Å². The number of piperazine rings is 1. The molecule has 0 radical (unpaired) electrons. The standard InChI is InChI=1S/C24H33N3O4/c1-5-31-23-9-7-6-8-21(23)27-14-12-26(13-15-27)17-24(28)25-18(2)20-16-19(29-3)10-11-22(20)30-4/h6-11,16,18H,5,12-15,17H2,1-4H3,(H,25,28)/t18-/m1/s1. The molecule has 1 fully saturated rings. The fourth-order valence-electron chi connectivity index (χ4n) is 3.89. The molecule has 1 amide bonds. The molecule has 1 aliphatic rings. The topological polar surface area (TPSA) is 63.3 Å². The Labute approximate surface area is 184 Å². The number of hydrogen-bond donors (Lipinski definition) is 1. The molecule has 1 heterocycles. The molecule has 0 unspecified atom stereocenters. The van der Waals surface area contributed by atoms with Crippen molar-refractivity contribution in [1.82, 2.24) is 10.2 Å². The minimum Gasteiger partial charge on any atom is -0.497 e. The quantitative estimate of drug-likeness (QED) is 0.664. The van der Waals surface area contributed by atoms with Crippen LogP contribution < -0.4 is 24.4 Å². The van der Waals surface area contributed by atoms with E-state index in [9.17, 15) is 4.79 Å². The third-order valence-corrected chi connectivity index (χ3v) is 5.53. The van der Waals surface area contributed by atoms with Crippen molar-refractivity contribution in [3.05, 3.63) is 48.0 Å². The van der Waals surface area contributed by atoms with E-state index >= 15 is 0 Å². The molecule has 0 saturated carbocycles. The van der Waals surface area contributed by atoms with Gasteiger partial charge in [-0.15, -0.1) is 0 Å². The Morgan fingerprint density at radius 2 is 1.77 bits per heavy atom. The number of ether oxygens (including phenoxy) is 3. The number of methoxy groups -OCH3 is 2. The number of hydrogen-bond acceptors (Lipinski definition) is 6. The zero-order chi connectivity index (χ0) is 22.2. The lowest BCUT2D eigenvalue weighted by Gasteiger charge is -2.36. The van der Waals surface area contributed by atoms with Gasteiger partial charge in [-0.25, -0.2) is 0 Å². The molecule has 1 atom stereocenters. The predicted octanol–water partition coefficient (Wildman–Crippen LogP) is 3.10. The molecule has 168 valence electrons. The minimum absolute atomic E-state index is 0.000499. The fourth-order valence-corrected chi connectivity index (χ4v) is 3.89. The lowest BCUT2D eigenvalue weighted by atomic mass is 10.1.